The Balaban J connectivity index is 2.39. The second-order valence-corrected chi connectivity index (χ2v) is 3.94. The molecule has 0 bridgehead atoms. The maximum Gasteiger partial charge on any atom is 0.268 e. The topological polar surface area (TPSA) is 50.7 Å². The fourth-order valence-electron chi connectivity index (χ4n) is 1.92. The van der Waals surface area contributed by atoms with Crippen molar-refractivity contribution in [1.82, 2.24) is 14.5 Å². The molecule has 0 atom stereocenters. The molecule has 0 unspecified atom stereocenters. The lowest BCUT2D eigenvalue weighted by Crippen LogP contribution is -2.22. The second kappa shape index (κ2) is 4.10. The van der Waals surface area contributed by atoms with Crippen molar-refractivity contribution in [3.8, 4) is 18.0 Å². The van der Waals surface area contributed by atoms with Crippen LogP contribution in [0.25, 0.3) is 16.7 Å². The molecule has 19 heavy (non-hydrogen) atoms. The zero-order chi connectivity index (χ0) is 13.4. The third kappa shape index (κ3) is 1.70. The molecule has 0 saturated heterocycles. The monoisotopic (exact) mass is 253 g/mol. The van der Waals surface area contributed by atoms with Gasteiger partial charge in [-0.1, -0.05) is 0 Å². The molecular weight excluding hydrogens is 245 g/mol. The Kier molecular flexibility index (Phi) is 2.43. The standard InChI is InChI=1S/C14H8FN3O/c1-2-12-17-13-11(7-8-16-13)14(19)18(12)10-5-3-9(15)4-6-10/h1,3-8,16H. The second-order valence-electron chi connectivity index (χ2n) is 3.94. The van der Waals surface area contributed by atoms with E-state index in [9.17, 15) is 9.18 Å². The van der Waals surface area contributed by atoms with E-state index in [2.05, 4.69) is 15.9 Å². The minimum atomic E-state index is -0.380. The Morgan fingerprint density at radius 1 is 1.26 bits per heavy atom. The fourth-order valence-corrected chi connectivity index (χ4v) is 1.92. The van der Waals surface area contributed by atoms with Gasteiger partial charge >= 0.3 is 0 Å². The molecule has 0 aliphatic rings. The molecule has 5 heteroatoms. The highest BCUT2D eigenvalue weighted by Gasteiger charge is 2.11. The van der Waals surface area contributed by atoms with E-state index in [1.54, 1.807) is 12.3 Å². The molecular formula is C14H8FN3O. The highest BCUT2D eigenvalue weighted by atomic mass is 19.1. The average Bonchev–Trinajstić information content (AvgIpc) is 2.88. The number of nitrogens with one attached hydrogen (secondary N) is 1. The van der Waals surface area contributed by atoms with Crippen molar-refractivity contribution in [1.29, 1.82) is 0 Å². The van der Waals surface area contributed by atoms with Gasteiger partial charge in [0.05, 0.1) is 11.1 Å². The summed E-state index contributed by atoms with van der Waals surface area (Å²) < 4.78 is 14.2. The van der Waals surface area contributed by atoms with E-state index >= 15 is 0 Å². The Labute approximate surface area is 107 Å². The van der Waals surface area contributed by atoms with Gasteiger partial charge in [0.15, 0.2) is 5.82 Å². The van der Waals surface area contributed by atoms with Gasteiger partial charge in [-0.3, -0.25) is 9.36 Å². The minimum Gasteiger partial charge on any atom is -0.346 e. The van der Waals surface area contributed by atoms with Crippen molar-refractivity contribution < 1.29 is 4.39 Å². The van der Waals surface area contributed by atoms with Gasteiger partial charge in [-0.25, -0.2) is 9.37 Å². The van der Waals surface area contributed by atoms with Gasteiger partial charge in [0.25, 0.3) is 5.56 Å². The summed E-state index contributed by atoms with van der Waals surface area (Å²) >= 11 is 0. The Morgan fingerprint density at radius 2 is 2.00 bits per heavy atom. The smallest absolute Gasteiger partial charge is 0.268 e. The number of hydrogen-bond donors (Lipinski definition) is 1. The van der Waals surface area contributed by atoms with Crippen LogP contribution in [0, 0.1) is 18.2 Å². The quantitative estimate of drug-likeness (QED) is 0.673. The van der Waals surface area contributed by atoms with Crippen LogP contribution in [0.4, 0.5) is 4.39 Å². The van der Waals surface area contributed by atoms with Gasteiger partial charge in [0.1, 0.15) is 11.5 Å². The number of fused-ring (bicyclic) bond motifs is 1. The van der Waals surface area contributed by atoms with E-state index in [0.717, 1.165) is 0 Å². The zero-order valence-electron chi connectivity index (χ0n) is 9.72. The van der Waals surface area contributed by atoms with Crippen molar-refractivity contribution in [3.05, 3.63) is 58.5 Å². The first kappa shape index (κ1) is 11.2. The Bertz CT molecular complexity index is 853. The average molecular weight is 253 g/mol. The van der Waals surface area contributed by atoms with Gasteiger partial charge in [0.2, 0.25) is 0 Å². The molecule has 0 amide bonds. The van der Waals surface area contributed by atoms with Crippen LogP contribution in [-0.2, 0) is 0 Å². The van der Waals surface area contributed by atoms with Crippen LogP contribution in [-0.4, -0.2) is 14.5 Å². The lowest BCUT2D eigenvalue weighted by molar-refractivity contribution is 0.627. The van der Waals surface area contributed by atoms with Crippen molar-refractivity contribution in [3.63, 3.8) is 0 Å². The zero-order valence-corrected chi connectivity index (χ0v) is 9.72. The SMILES string of the molecule is C#Cc1nc2[nH]ccc2c(=O)n1-c1ccc(F)cc1. The molecule has 0 aliphatic carbocycles. The summed E-state index contributed by atoms with van der Waals surface area (Å²) in [5.74, 6) is 2.16. The first-order chi connectivity index (χ1) is 9.20. The van der Waals surface area contributed by atoms with Gasteiger partial charge in [-0.2, -0.15) is 0 Å². The van der Waals surface area contributed by atoms with Crippen molar-refractivity contribution in [2.75, 3.05) is 0 Å². The van der Waals surface area contributed by atoms with Crippen LogP contribution in [0.15, 0.2) is 41.3 Å². The number of aromatic amines is 1. The van der Waals surface area contributed by atoms with Crippen molar-refractivity contribution in [2.24, 2.45) is 0 Å². The van der Waals surface area contributed by atoms with Crippen LogP contribution >= 0.6 is 0 Å². The van der Waals surface area contributed by atoms with Gasteiger partial charge in [-0.05, 0) is 36.3 Å². The molecule has 3 aromatic rings. The fraction of sp³-hybridized carbons (Fsp3) is 0. The molecule has 0 aliphatic heterocycles. The van der Waals surface area contributed by atoms with E-state index in [0.29, 0.717) is 16.7 Å². The summed E-state index contributed by atoms with van der Waals surface area (Å²) in [6.07, 6.45) is 7.01. The molecule has 3 rings (SSSR count). The molecule has 0 spiro atoms. The van der Waals surface area contributed by atoms with Gasteiger partial charge < -0.3 is 4.98 Å². The van der Waals surface area contributed by atoms with Crippen molar-refractivity contribution >= 4 is 11.0 Å². The summed E-state index contributed by atoms with van der Waals surface area (Å²) in [7, 11) is 0. The normalized spacial score (nSPS) is 10.5. The number of hydrogen-bond acceptors (Lipinski definition) is 2. The predicted molar refractivity (Wildman–Crippen MR) is 69.6 cm³/mol. The van der Waals surface area contributed by atoms with E-state index in [4.69, 9.17) is 6.42 Å². The van der Waals surface area contributed by atoms with Crippen LogP contribution in [0.2, 0.25) is 0 Å². The number of terminal acetylenes is 1. The summed E-state index contributed by atoms with van der Waals surface area (Å²) in [5.41, 5.74) is 0.636. The van der Waals surface area contributed by atoms with Crippen LogP contribution < -0.4 is 5.56 Å². The summed E-state index contributed by atoms with van der Waals surface area (Å²) in [5, 5.41) is 0.434. The lowest BCUT2D eigenvalue weighted by atomic mass is 10.3. The van der Waals surface area contributed by atoms with E-state index in [1.807, 2.05) is 0 Å². The third-order valence-corrected chi connectivity index (χ3v) is 2.80. The van der Waals surface area contributed by atoms with Crippen LogP contribution in [0.5, 0.6) is 0 Å². The molecule has 4 nitrogen and oxygen atoms in total. The lowest BCUT2D eigenvalue weighted by Gasteiger charge is -2.08. The number of halogens is 1. The first-order valence-corrected chi connectivity index (χ1v) is 5.53. The summed E-state index contributed by atoms with van der Waals surface area (Å²) in [4.78, 5) is 19.4. The van der Waals surface area contributed by atoms with E-state index in [1.165, 1.54) is 28.8 Å². The summed E-state index contributed by atoms with van der Waals surface area (Å²) in [6, 6.07) is 7.13. The van der Waals surface area contributed by atoms with Crippen LogP contribution in [0.1, 0.15) is 5.82 Å². The number of benzene rings is 1. The number of rotatable bonds is 1. The van der Waals surface area contributed by atoms with E-state index < -0.39 is 0 Å². The molecule has 0 fully saturated rings. The minimum absolute atomic E-state index is 0.173. The molecule has 1 aromatic carbocycles. The largest absolute Gasteiger partial charge is 0.346 e. The maximum atomic E-state index is 12.9. The number of aromatic nitrogens is 3. The number of nitrogens with zero attached hydrogens (tertiary/aromatic N) is 2. The molecule has 0 radical (unpaired) electrons. The molecule has 0 saturated carbocycles. The Morgan fingerprint density at radius 3 is 2.68 bits per heavy atom. The van der Waals surface area contributed by atoms with Gasteiger partial charge in [-0.15, -0.1) is 6.42 Å². The molecule has 1 N–H and O–H groups in total. The van der Waals surface area contributed by atoms with Crippen molar-refractivity contribution in [2.45, 2.75) is 0 Å². The van der Waals surface area contributed by atoms with Gasteiger partial charge in [0, 0.05) is 6.20 Å². The highest BCUT2D eigenvalue weighted by molar-refractivity contribution is 5.75. The Hall–Kier alpha value is -2.87. The first-order valence-electron chi connectivity index (χ1n) is 5.53. The third-order valence-electron chi connectivity index (χ3n) is 2.80. The molecule has 92 valence electrons. The number of H-pyrrole nitrogens is 1. The predicted octanol–water partition coefficient (Wildman–Crippen LogP) is 1.83. The maximum absolute atomic E-state index is 12.9. The van der Waals surface area contributed by atoms with E-state index in [-0.39, 0.29) is 17.2 Å². The molecule has 2 aromatic heterocycles. The summed E-state index contributed by atoms with van der Waals surface area (Å²) in [6.45, 7) is 0. The van der Waals surface area contributed by atoms with Crippen LogP contribution in [0.3, 0.4) is 0 Å². The molecule has 2 heterocycles. The highest BCUT2D eigenvalue weighted by Crippen LogP contribution is 2.12.